The lowest BCUT2D eigenvalue weighted by Crippen LogP contribution is -2.33. The predicted octanol–water partition coefficient (Wildman–Crippen LogP) is 3.67. The van der Waals surface area contributed by atoms with E-state index in [1.165, 1.54) is 36.8 Å². The van der Waals surface area contributed by atoms with Crippen LogP contribution in [-0.2, 0) is 4.74 Å². The zero-order valence-corrected chi connectivity index (χ0v) is 12.7. The average molecular weight is 296 g/mol. The van der Waals surface area contributed by atoms with E-state index in [1.807, 2.05) is 6.07 Å². The summed E-state index contributed by atoms with van der Waals surface area (Å²) in [4.78, 5) is 0. The van der Waals surface area contributed by atoms with Gasteiger partial charge in [0, 0.05) is 13.1 Å². The number of halogens is 1. The maximum absolute atomic E-state index is 6.43. The molecule has 0 spiro atoms. The lowest BCUT2D eigenvalue weighted by Gasteiger charge is -2.26. The van der Waals surface area contributed by atoms with Gasteiger partial charge in [-0.1, -0.05) is 24.4 Å². The first-order valence-corrected chi connectivity index (χ1v) is 7.87. The minimum atomic E-state index is 0.104. The van der Waals surface area contributed by atoms with E-state index >= 15 is 0 Å². The van der Waals surface area contributed by atoms with Crippen LogP contribution < -0.4 is 10.1 Å². The van der Waals surface area contributed by atoms with Gasteiger partial charge in [0.2, 0.25) is 0 Å². The molecule has 4 heteroatoms. The van der Waals surface area contributed by atoms with Crippen molar-refractivity contribution in [1.29, 1.82) is 0 Å². The van der Waals surface area contributed by atoms with Crippen LogP contribution in [0.3, 0.4) is 0 Å². The number of nitrogens with one attached hydrogen (secondary N) is 1. The fraction of sp³-hybridized carbons (Fsp3) is 0.625. The van der Waals surface area contributed by atoms with Crippen molar-refractivity contribution in [1.82, 2.24) is 5.32 Å². The molecule has 20 heavy (non-hydrogen) atoms. The molecule has 1 aliphatic carbocycles. The van der Waals surface area contributed by atoms with Gasteiger partial charge in [-0.05, 0) is 42.0 Å². The fourth-order valence-electron chi connectivity index (χ4n) is 3.36. The molecule has 1 aliphatic heterocycles. The van der Waals surface area contributed by atoms with Crippen LogP contribution in [0.15, 0.2) is 12.1 Å². The molecule has 0 aromatic heterocycles. The molecule has 1 N–H and O–H groups in total. The molecule has 3 nitrogen and oxygen atoms in total. The van der Waals surface area contributed by atoms with Crippen LogP contribution in [0, 0.1) is 0 Å². The summed E-state index contributed by atoms with van der Waals surface area (Å²) in [6.45, 7) is 2.54. The van der Waals surface area contributed by atoms with Crippen molar-refractivity contribution in [2.24, 2.45) is 0 Å². The number of methoxy groups -OCH3 is 1. The number of hydrogen-bond acceptors (Lipinski definition) is 3. The summed E-state index contributed by atoms with van der Waals surface area (Å²) in [6, 6.07) is 4.24. The number of ether oxygens (including phenoxy) is 2. The summed E-state index contributed by atoms with van der Waals surface area (Å²) in [5, 5.41) is 4.08. The molecule has 1 saturated carbocycles. The second-order valence-corrected chi connectivity index (χ2v) is 6.08. The van der Waals surface area contributed by atoms with Gasteiger partial charge in [0.25, 0.3) is 0 Å². The van der Waals surface area contributed by atoms with Crippen molar-refractivity contribution in [2.45, 2.75) is 37.7 Å². The molecule has 0 amide bonds. The van der Waals surface area contributed by atoms with Gasteiger partial charge in [-0.25, -0.2) is 0 Å². The highest BCUT2D eigenvalue weighted by Gasteiger charge is 2.25. The first-order valence-electron chi connectivity index (χ1n) is 7.49. The Kier molecular flexibility index (Phi) is 4.49. The summed E-state index contributed by atoms with van der Waals surface area (Å²) in [6.07, 6.45) is 5.18. The normalized spacial score (nSPS) is 24.0. The lowest BCUT2D eigenvalue weighted by molar-refractivity contribution is 0.0276. The van der Waals surface area contributed by atoms with E-state index in [9.17, 15) is 0 Å². The third kappa shape index (κ3) is 2.80. The highest BCUT2D eigenvalue weighted by molar-refractivity contribution is 6.32. The molecule has 110 valence electrons. The molecule has 1 aromatic carbocycles. The van der Waals surface area contributed by atoms with E-state index in [0.29, 0.717) is 10.9 Å². The van der Waals surface area contributed by atoms with Crippen molar-refractivity contribution in [3.63, 3.8) is 0 Å². The lowest BCUT2D eigenvalue weighted by atomic mass is 9.93. The molecule has 1 heterocycles. The van der Waals surface area contributed by atoms with Crippen LogP contribution in [0.4, 0.5) is 0 Å². The molecule has 3 rings (SSSR count). The Bertz CT molecular complexity index is 466. The highest BCUT2D eigenvalue weighted by atomic mass is 35.5. The topological polar surface area (TPSA) is 30.5 Å². The number of morpholine rings is 1. The maximum atomic E-state index is 6.43. The molecule has 0 bridgehead atoms. The smallest absolute Gasteiger partial charge is 0.140 e. The zero-order chi connectivity index (χ0) is 13.9. The summed E-state index contributed by atoms with van der Waals surface area (Å²) < 4.78 is 11.4. The van der Waals surface area contributed by atoms with Crippen molar-refractivity contribution in [2.75, 3.05) is 26.8 Å². The van der Waals surface area contributed by atoms with Gasteiger partial charge in [-0.3, -0.25) is 0 Å². The summed E-state index contributed by atoms with van der Waals surface area (Å²) in [5.74, 6) is 1.44. The van der Waals surface area contributed by atoms with E-state index in [4.69, 9.17) is 21.1 Å². The Morgan fingerprint density at radius 3 is 2.75 bits per heavy atom. The Morgan fingerprint density at radius 1 is 1.30 bits per heavy atom. The van der Waals surface area contributed by atoms with E-state index in [1.54, 1.807) is 7.11 Å². The number of benzene rings is 1. The van der Waals surface area contributed by atoms with Crippen LogP contribution in [0.1, 0.15) is 48.8 Å². The average Bonchev–Trinajstić information content (AvgIpc) is 3.01. The van der Waals surface area contributed by atoms with Gasteiger partial charge in [0.05, 0.1) is 24.8 Å². The minimum Gasteiger partial charge on any atom is -0.495 e. The van der Waals surface area contributed by atoms with Crippen molar-refractivity contribution in [3.05, 3.63) is 28.3 Å². The van der Waals surface area contributed by atoms with Gasteiger partial charge in [0.1, 0.15) is 5.75 Å². The minimum absolute atomic E-state index is 0.104. The molecular weight excluding hydrogens is 274 g/mol. The molecule has 1 aromatic rings. The summed E-state index contributed by atoms with van der Waals surface area (Å²) in [7, 11) is 1.71. The monoisotopic (exact) mass is 295 g/mol. The van der Waals surface area contributed by atoms with Crippen LogP contribution in [-0.4, -0.2) is 26.8 Å². The van der Waals surface area contributed by atoms with E-state index in [2.05, 4.69) is 11.4 Å². The SMILES string of the molecule is COc1c(Cl)cc(C2CNCCO2)cc1C1CCCC1. The van der Waals surface area contributed by atoms with Gasteiger partial charge in [-0.15, -0.1) is 0 Å². The van der Waals surface area contributed by atoms with Crippen LogP contribution >= 0.6 is 11.6 Å². The standard InChI is InChI=1S/C16H22ClNO2/c1-19-16-13(11-4-2-3-5-11)8-12(9-14(16)17)15-10-18-6-7-20-15/h8-9,11,15,18H,2-7,10H2,1H3. The number of rotatable bonds is 3. The first-order chi connectivity index (χ1) is 9.79. The summed E-state index contributed by atoms with van der Waals surface area (Å²) >= 11 is 6.43. The predicted molar refractivity (Wildman–Crippen MR) is 80.8 cm³/mol. The highest BCUT2D eigenvalue weighted by Crippen LogP contribution is 2.43. The quantitative estimate of drug-likeness (QED) is 0.923. The Morgan fingerprint density at radius 2 is 2.10 bits per heavy atom. The fourth-order valence-corrected chi connectivity index (χ4v) is 3.67. The van der Waals surface area contributed by atoms with Gasteiger partial charge in [-0.2, -0.15) is 0 Å². The molecule has 1 unspecified atom stereocenters. The molecule has 2 aliphatic rings. The van der Waals surface area contributed by atoms with E-state index in [-0.39, 0.29) is 6.10 Å². The van der Waals surface area contributed by atoms with Gasteiger partial charge < -0.3 is 14.8 Å². The Balaban J connectivity index is 1.95. The molecule has 0 radical (unpaired) electrons. The number of hydrogen-bond donors (Lipinski definition) is 1. The first kappa shape index (κ1) is 14.2. The van der Waals surface area contributed by atoms with Gasteiger partial charge in [0.15, 0.2) is 0 Å². The molecular formula is C16H22ClNO2. The maximum Gasteiger partial charge on any atom is 0.140 e. The van der Waals surface area contributed by atoms with Crippen LogP contribution in [0.2, 0.25) is 5.02 Å². The van der Waals surface area contributed by atoms with E-state index in [0.717, 1.165) is 25.4 Å². The van der Waals surface area contributed by atoms with Crippen LogP contribution in [0.25, 0.3) is 0 Å². The van der Waals surface area contributed by atoms with Crippen molar-refractivity contribution < 1.29 is 9.47 Å². The van der Waals surface area contributed by atoms with Crippen molar-refractivity contribution >= 4 is 11.6 Å². The van der Waals surface area contributed by atoms with E-state index < -0.39 is 0 Å². The second kappa shape index (κ2) is 6.33. The zero-order valence-electron chi connectivity index (χ0n) is 12.0. The third-order valence-electron chi connectivity index (χ3n) is 4.39. The molecule has 1 saturated heterocycles. The van der Waals surface area contributed by atoms with Crippen LogP contribution in [0.5, 0.6) is 5.75 Å². The summed E-state index contributed by atoms with van der Waals surface area (Å²) in [5.41, 5.74) is 2.44. The van der Waals surface area contributed by atoms with Gasteiger partial charge >= 0.3 is 0 Å². The Hall–Kier alpha value is -0.770. The largest absolute Gasteiger partial charge is 0.495 e. The second-order valence-electron chi connectivity index (χ2n) is 5.67. The molecule has 2 fully saturated rings. The van der Waals surface area contributed by atoms with Crippen molar-refractivity contribution in [3.8, 4) is 5.75 Å². The third-order valence-corrected chi connectivity index (χ3v) is 4.67. The molecule has 1 atom stereocenters. The Labute approximate surface area is 125 Å².